The molecule has 0 unspecified atom stereocenters. The van der Waals surface area contributed by atoms with E-state index in [4.69, 9.17) is 11.2 Å². The molecule has 1 saturated heterocycles. The molecule has 1 aliphatic rings. The summed E-state index contributed by atoms with van der Waals surface area (Å²) in [5.74, 6) is 2.73. The number of hydrogen-bond donors (Lipinski definition) is 0. The molecule has 1 aromatic carbocycles. The lowest BCUT2D eigenvalue weighted by molar-refractivity contribution is 0.309. The van der Waals surface area contributed by atoms with Gasteiger partial charge in [0.2, 0.25) is 0 Å². The van der Waals surface area contributed by atoms with Crippen LogP contribution in [0.25, 0.3) is 5.57 Å². The normalized spacial score (nSPS) is 28.6. The van der Waals surface area contributed by atoms with Crippen molar-refractivity contribution in [1.82, 2.24) is 0 Å². The summed E-state index contributed by atoms with van der Waals surface area (Å²) in [6.45, 7) is 4.25. The second-order valence-electron chi connectivity index (χ2n) is 4.30. The van der Waals surface area contributed by atoms with E-state index in [2.05, 4.69) is 25.8 Å². The highest BCUT2D eigenvalue weighted by Crippen LogP contribution is 2.41. The molecule has 0 N–H and O–H groups in total. The fourth-order valence-corrected chi connectivity index (χ4v) is 1.75. The van der Waals surface area contributed by atoms with E-state index in [1.165, 1.54) is 0 Å². The number of terminal acetylenes is 1. The molecule has 0 saturated carbocycles. The van der Waals surface area contributed by atoms with Gasteiger partial charge in [-0.25, -0.2) is 0 Å². The molecule has 1 heterocycles. The fraction of sp³-hybridized carbons (Fsp3) is 0.333. The maximum atomic E-state index is 5.64. The van der Waals surface area contributed by atoms with Crippen molar-refractivity contribution in [2.75, 3.05) is 0 Å². The molecule has 1 fully saturated rings. The summed E-state index contributed by atoms with van der Waals surface area (Å²) >= 11 is 0. The zero-order valence-corrected chi connectivity index (χ0v) is 9.73. The highest BCUT2D eigenvalue weighted by Gasteiger charge is 2.49. The van der Waals surface area contributed by atoms with E-state index in [-0.39, 0.29) is 11.7 Å². The third-order valence-electron chi connectivity index (χ3n) is 3.20. The van der Waals surface area contributed by atoms with Gasteiger partial charge < -0.3 is 4.74 Å². The topological polar surface area (TPSA) is 12.5 Å². The van der Waals surface area contributed by atoms with Gasteiger partial charge in [0.25, 0.3) is 0 Å². The molecule has 1 aromatic rings. The molecule has 1 heteroatoms. The lowest BCUT2D eigenvalue weighted by Crippen LogP contribution is -2.05. The second kappa shape index (κ2) is 4.15. The van der Waals surface area contributed by atoms with Crippen LogP contribution in [0, 0.1) is 12.3 Å². The van der Waals surface area contributed by atoms with Gasteiger partial charge in [0.15, 0.2) is 0 Å². The second-order valence-corrected chi connectivity index (χ2v) is 4.30. The Morgan fingerprint density at radius 2 is 2.19 bits per heavy atom. The van der Waals surface area contributed by atoms with Crippen LogP contribution in [0.15, 0.2) is 36.4 Å². The Balaban J connectivity index is 2.20. The number of benzene rings is 1. The minimum atomic E-state index is -0.00309. The Hall–Kier alpha value is -1.52. The Bertz CT molecular complexity index is 438. The van der Waals surface area contributed by atoms with Gasteiger partial charge in [-0.2, -0.15) is 0 Å². The molecule has 16 heavy (non-hydrogen) atoms. The third kappa shape index (κ3) is 2.03. The van der Waals surface area contributed by atoms with E-state index in [9.17, 15) is 0 Å². The van der Waals surface area contributed by atoms with Gasteiger partial charge in [0.05, 0.1) is 5.60 Å². The molecular formula is C15H16O. The van der Waals surface area contributed by atoms with Crippen LogP contribution in [-0.4, -0.2) is 11.7 Å². The molecule has 2 atom stereocenters. The van der Waals surface area contributed by atoms with Crippen LogP contribution in [0.5, 0.6) is 0 Å². The first-order valence-electron chi connectivity index (χ1n) is 5.61. The maximum Gasteiger partial charge on any atom is 0.107 e. The number of ether oxygens (including phenoxy) is 1. The van der Waals surface area contributed by atoms with Crippen LogP contribution in [0.4, 0.5) is 0 Å². The van der Waals surface area contributed by atoms with Crippen molar-refractivity contribution in [2.45, 2.75) is 32.0 Å². The van der Waals surface area contributed by atoms with Crippen LogP contribution in [0.1, 0.15) is 25.8 Å². The molecular weight excluding hydrogens is 196 g/mol. The van der Waals surface area contributed by atoms with Crippen LogP contribution in [0.2, 0.25) is 0 Å². The Labute approximate surface area is 97.1 Å². The number of rotatable bonds is 3. The summed E-state index contributed by atoms with van der Waals surface area (Å²) in [5.41, 5.74) is 2.00. The van der Waals surface area contributed by atoms with Gasteiger partial charge in [-0.05, 0) is 25.0 Å². The van der Waals surface area contributed by atoms with E-state index in [0.717, 1.165) is 17.6 Å². The molecule has 2 rings (SSSR count). The average Bonchev–Trinajstić information content (AvgIpc) is 2.99. The van der Waals surface area contributed by atoms with E-state index < -0.39 is 0 Å². The molecule has 0 radical (unpaired) electrons. The predicted octanol–water partition coefficient (Wildman–Crippen LogP) is 3.27. The predicted molar refractivity (Wildman–Crippen MR) is 66.8 cm³/mol. The fourth-order valence-electron chi connectivity index (χ4n) is 1.75. The average molecular weight is 212 g/mol. The third-order valence-corrected chi connectivity index (χ3v) is 3.20. The van der Waals surface area contributed by atoms with Crippen molar-refractivity contribution in [3.63, 3.8) is 0 Å². The maximum absolute atomic E-state index is 5.64. The summed E-state index contributed by atoms with van der Waals surface area (Å²) in [4.78, 5) is 0. The first kappa shape index (κ1) is 11.0. The smallest absolute Gasteiger partial charge is 0.107 e. The summed E-state index contributed by atoms with van der Waals surface area (Å²) in [5, 5.41) is 0. The van der Waals surface area contributed by atoms with Crippen LogP contribution in [-0.2, 0) is 4.74 Å². The minimum absolute atomic E-state index is 0.00309. The van der Waals surface area contributed by atoms with Gasteiger partial charge in [-0.15, -0.1) is 6.42 Å². The van der Waals surface area contributed by atoms with Crippen molar-refractivity contribution in [3.05, 3.63) is 42.0 Å². The van der Waals surface area contributed by atoms with E-state index >= 15 is 0 Å². The largest absolute Gasteiger partial charge is 0.362 e. The van der Waals surface area contributed by atoms with Gasteiger partial charge in [-0.3, -0.25) is 0 Å². The van der Waals surface area contributed by atoms with Crippen molar-refractivity contribution in [3.8, 4) is 12.3 Å². The van der Waals surface area contributed by atoms with Crippen molar-refractivity contribution in [2.24, 2.45) is 0 Å². The molecule has 1 nitrogen and oxygen atoms in total. The zero-order chi connectivity index (χ0) is 11.6. The van der Waals surface area contributed by atoms with E-state index in [1.807, 2.05) is 30.3 Å². The number of hydrogen-bond acceptors (Lipinski definition) is 1. The molecule has 82 valence electrons. The highest BCUT2D eigenvalue weighted by atomic mass is 16.6. The summed E-state index contributed by atoms with van der Waals surface area (Å²) in [6, 6.07) is 10.0. The van der Waals surface area contributed by atoms with Crippen LogP contribution in [0.3, 0.4) is 0 Å². The molecule has 0 amide bonds. The summed E-state index contributed by atoms with van der Waals surface area (Å²) in [7, 11) is 0. The minimum Gasteiger partial charge on any atom is -0.362 e. The molecule has 0 spiro atoms. The zero-order valence-electron chi connectivity index (χ0n) is 9.73. The van der Waals surface area contributed by atoms with Crippen LogP contribution >= 0.6 is 0 Å². The lowest BCUT2D eigenvalue weighted by atomic mass is 10.00. The molecule has 1 aliphatic heterocycles. The molecule has 0 aromatic heterocycles. The first-order valence-corrected chi connectivity index (χ1v) is 5.61. The Morgan fingerprint density at radius 1 is 1.50 bits per heavy atom. The molecule has 0 aliphatic carbocycles. The number of allylic oxidation sites excluding steroid dienone is 1. The van der Waals surface area contributed by atoms with Crippen molar-refractivity contribution < 1.29 is 4.74 Å². The highest BCUT2D eigenvalue weighted by molar-refractivity contribution is 5.78. The number of epoxide rings is 1. The Morgan fingerprint density at radius 3 is 2.69 bits per heavy atom. The molecule has 0 bridgehead atoms. The summed E-state index contributed by atoms with van der Waals surface area (Å²) in [6.07, 6.45) is 8.78. The van der Waals surface area contributed by atoms with Gasteiger partial charge in [0.1, 0.15) is 6.10 Å². The SMILES string of the molecule is C#C/C(=C\[C@@H]1O[C@@]1(C)CC)c1ccccc1. The van der Waals surface area contributed by atoms with E-state index in [0.29, 0.717) is 0 Å². The monoisotopic (exact) mass is 212 g/mol. The van der Waals surface area contributed by atoms with E-state index in [1.54, 1.807) is 0 Å². The van der Waals surface area contributed by atoms with Gasteiger partial charge in [0, 0.05) is 5.57 Å². The Kier molecular flexibility index (Phi) is 2.85. The van der Waals surface area contributed by atoms with Crippen molar-refractivity contribution in [1.29, 1.82) is 0 Å². The van der Waals surface area contributed by atoms with Gasteiger partial charge >= 0.3 is 0 Å². The lowest BCUT2D eigenvalue weighted by Gasteiger charge is -2.00. The summed E-state index contributed by atoms with van der Waals surface area (Å²) < 4.78 is 5.64. The van der Waals surface area contributed by atoms with Crippen LogP contribution < -0.4 is 0 Å². The first-order chi connectivity index (χ1) is 7.69. The van der Waals surface area contributed by atoms with Crippen molar-refractivity contribution >= 4 is 5.57 Å². The quantitative estimate of drug-likeness (QED) is 0.553. The standard InChI is InChI=1S/C15H16O/c1-4-12(13-9-7-6-8-10-13)11-14-15(3,5-2)16-14/h1,6-11,14H,5H2,2-3H3/b12-11+/t14-,15-/m0/s1. The van der Waals surface area contributed by atoms with Gasteiger partial charge in [-0.1, -0.05) is 43.2 Å².